The molecule has 0 spiro atoms. The van der Waals surface area contributed by atoms with Crippen molar-refractivity contribution < 1.29 is 27.0 Å². The highest BCUT2D eigenvalue weighted by Crippen LogP contribution is 2.30. The van der Waals surface area contributed by atoms with Gasteiger partial charge in [-0.1, -0.05) is 18.5 Å². The number of carbonyl (C=O) groups excluding carboxylic acids is 3. The molecule has 0 N–H and O–H groups in total. The molecule has 8 heteroatoms. The van der Waals surface area contributed by atoms with Crippen LogP contribution in [0.4, 0.5) is 0 Å². The molecule has 1 aliphatic carbocycles. The van der Waals surface area contributed by atoms with E-state index in [-0.39, 0.29) is 35.1 Å². The summed E-state index contributed by atoms with van der Waals surface area (Å²) in [6.07, 6.45) is 1.23. The van der Waals surface area contributed by atoms with E-state index in [1.54, 1.807) is 6.92 Å². The van der Waals surface area contributed by atoms with E-state index in [1.165, 1.54) is 12.1 Å². The van der Waals surface area contributed by atoms with Crippen molar-refractivity contribution >= 4 is 39.1 Å². The first-order chi connectivity index (χ1) is 10.6. The number of benzene rings is 1. The van der Waals surface area contributed by atoms with Gasteiger partial charge in [-0.25, -0.2) is 0 Å². The van der Waals surface area contributed by atoms with Crippen LogP contribution in [-0.4, -0.2) is 32.0 Å². The molecule has 2 rings (SSSR count). The highest BCUT2D eigenvalue weighted by atomic mass is 35.5. The number of hydrogen-bond acceptors (Lipinski definition) is 6. The van der Waals surface area contributed by atoms with Crippen LogP contribution >= 0.6 is 11.6 Å². The molecule has 1 aliphatic rings. The van der Waals surface area contributed by atoms with E-state index in [2.05, 4.69) is 4.18 Å². The van der Waals surface area contributed by atoms with Crippen LogP contribution in [0.25, 0.3) is 0 Å². The topological polar surface area (TPSA) is 94.6 Å². The first-order valence-electron chi connectivity index (χ1n) is 6.87. The minimum absolute atomic E-state index is 0.00577. The van der Waals surface area contributed by atoms with E-state index in [1.807, 2.05) is 0 Å². The number of Topliss-reactive ketones (excluding diaryl/α,β-unsaturated/α-hetero) is 3. The summed E-state index contributed by atoms with van der Waals surface area (Å²) in [5.41, 5.74) is -0.00577. The Balaban J connectivity index is 2.29. The van der Waals surface area contributed by atoms with E-state index < -0.39 is 33.4 Å². The molecular formula is C15H15ClO6S. The molecule has 0 amide bonds. The molecule has 1 fully saturated rings. The van der Waals surface area contributed by atoms with Crippen LogP contribution in [0.3, 0.4) is 0 Å². The lowest BCUT2D eigenvalue weighted by Crippen LogP contribution is -2.38. The molecule has 23 heavy (non-hydrogen) atoms. The van der Waals surface area contributed by atoms with Crippen LogP contribution in [0.5, 0.6) is 5.75 Å². The first kappa shape index (κ1) is 17.6. The normalized spacial score (nSPS) is 22.0. The Kier molecular flexibility index (Phi) is 4.91. The third-order valence-electron chi connectivity index (χ3n) is 3.46. The zero-order valence-corrected chi connectivity index (χ0v) is 14.1. The Labute approximate surface area is 138 Å². The molecule has 0 heterocycles. The number of halogens is 1. The van der Waals surface area contributed by atoms with E-state index >= 15 is 0 Å². The summed E-state index contributed by atoms with van der Waals surface area (Å²) in [6, 6.07) is 3.67. The second-order valence-electron chi connectivity index (χ2n) is 5.67. The van der Waals surface area contributed by atoms with Crippen LogP contribution < -0.4 is 4.18 Å². The van der Waals surface area contributed by atoms with Crippen LogP contribution in [0.2, 0.25) is 5.02 Å². The van der Waals surface area contributed by atoms with E-state index in [4.69, 9.17) is 11.6 Å². The Morgan fingerprint density at radius 3 is 2.26 bits per heavy atom. The summed E-state index contributed by atoms with van der Waals surface area (Å²) in [7, 11) is -3.72. The lowest BCUT2D eigenvalue weighted by atomic mass is 9.77. The monoisotopic (exact) mass is 358 g/mol. The van der Waals surface area contributed by atoms with Gasteiger partial charge in [0.15, 0.2) is 17.3 Å². The van der Waals surface area contributed by atoms with Crippen molar-refractivity contribution in [3.05, 3.63) is 28.8 Å². The Morgan fingerprint density at radius 2 is 1.78 bits per heavy atom. The van der Waals surface area contributed by atoms with Crippen molar-refractivity contribution in [2.75, 3.05) is 6.26 Å². The van der Waals surface area contributed by atoms with Gasteiger partial charge in [-0.15, -0.1) is 0 Å². The third-order valence-corrected chi connectivity index (χ3v) is 4.27. The predicted molar refractivity (Wildman–Crippen MR) is 83.2 cm³/mol. The summed E-state index contributed by atoms with van der Waals surface area (Å²) in [5, 5.41) is -0.0737. The molecule has 0 aromatic heterocycles. The van der Waals surface area contributed by atoms with Gasteiger partial charge in [0.05, 0.1) is 11.3 Å². The summed E-state index contributed by atoms with van der Waals surface area (Å²) in [6.45, 7) is 1.78. The van der Waals surface area contributed by atoms with Gasteiger partial charge >= 0.3 is 10.1 Å². The Hall–Kier alpha value is -1.73. The van der Waals surface area contributed by atoms with Crippen LogP contribution in [0, 0.1) is 11.8 Å². The molecule has 0 aliphatic heterocycles. The smallest absolute Gasteiger partial charge is 0.306 e. The number of carbonyl (C=O) groups is 3. The fraction of sp³-hybridized carbons (Fsp3) is 0.400. The van der Waals surface area contributed by atoms with Crippen molar-refractivity contribution in [1.82, 2.24) is 0 Å². The molecule has 124 valence electrons. The molecule has 0 unspecified atom stereocenters. The molecule has 0 radical (unpaired) electrons. The van der Waals surface area contributed by atoms with Gasteiger partial charge in [0, 0.05) is 24.5 Å². The third kappa shape index (κ3) is 4.17. The predicted octanol–water partition coefficient (Wildman–Crippen LogP) is 2.05. The molecule has 1 aromatic rings. The zero-order valence-electron chi connectivity index (χ0n) is 12.5. The molecule has 0 bridgehead atoms. The molecule has 0 saturated heterocycles. The average molecular weight is 359 g/mol. The lowest BCUT2D eigenvalue weighted by molar-refractivity contribution is -0.134. The minimum atomic E-state index is -3.72. The minimum Gasteiger partial charge on any atom is -0.383 e. The number of hydrogen-bond donors (Lipinski definition) is 0. The average Bonchev–Trinajstić information content (AvgIpc) is 2.35. The lowest BCUT2D eigenvalue weighted by Gasteiger charge is -2.23. The van der Waals surface area contributed by atoms with Crippen LogP contribution in [0.1, 0.15) is 30.1 Å². The molecular weight excluding hydrogens is 344 g/mol. The summed E-state index contributed by atoms with van der Waals surface area (Å²) >= 11 is 5.98. The second-order valence-corrected chi connectivity index (χ2v) is 7.65. The van der Waals surface area contributed by atoms with Crippen molar-refractivity contribution in [3.8, 4) is 5.75 Å². The van der Waals surface area contributed by atoms with Gasteiger partial charge in [0.2, 0.25) is 0 Å². The fourth-order valence-corrected chi connectivity index (χ4v) is 3.26. The van der Waals surface area contributed by atoms with E-state index in [9.17, 15) is 22.8 Å². The van der Waals surface area contributed by atoms with Crippen molar-refractivity contribution in [2.45, 2.75) is 19.8 Å². The maximum atomic E-state index is 12.5. The molecule has 0 atom stereocenters. The Bertz CT molecular complexity index is 765. The number of rotatable bonds is 4. The number of ketones is 3. The van der Waals surface area contributed by atoms with Gasteiger partial charge < -0.3 is 4.18 Å². The largest absolute Gasteiger partial charge is 0.383 e. The van der Waals surface area contributed by atoms with Gasteiger partial charge in [0.1, 0.15) is 11.7 Å². The molecule has 1 saturated carbocycles. The van der Waals surface area contributed by atoms with E-state index in [0.29, 0.717) is 0 Å². The maximum Gasteiger partial charge on any atom is 0.306 e. The Morgan fingerprint density at radius 1 is 1.22 bits per heavy atom. The van der Waals surface area contributed by atoms with Crippen molar-refractivity contribution in [3.63, 3.8) is 0 Å². The maximum absolute atomic E-state index is 12.5. The highest BCUT2D eigenvalue weighted by molar-refractivity contribution is 7.86. The van der Waals surface area contributed by atoms with Crippen LogP contribution in [-0.2, 0) is 19.7 Å². The quantitative estimate of drug-likeness (QED) is 0.464. The first-order valence-corrected chi connectivity index (χ1v) is 9.06. The highest BCUT2D eigenvalue weighted by Gasteiger charge is 2.39. The van der Waals surface area contributed by atoms with Crippen molar-refractivity contribution in [2.24, 2.45) is 11.8 Å². The van der Waals surface area contributed by atoms with Gasteiger partial charge in [0.25, 0.3) is 0 Å². The second kappa shape index (κ2) is 6.41. The van der Waals surface area contributed by atoms with Gasteiger partial charge in [-0.05, 0) is 18.1 Å². The molecule has 1 aromatic carbocycles. The summed E-state index contributed by atoms with van der Waals surface area (Å²) in [5.74, 6) is -2.94. The zero-order chi connectivity index (χ0) is 17.4. The standard InChI is InChI=1S/C15H15ClO6S/c1-8-5-12(17)14(13(18)6-8)15(19)10-4-3-9(7-11(10)16)22-23(2,20)21/h3-4,7-8,14H,5-6H2,1-2H3. The van der Waals surface area contributed by atoms with Crippen molar-refractivity contribution in [1.29, 1.82) is 0 Å². The molecule has 6 nitrogen and oxygen atoms in total. The van der Waals surface area contributed by atoms with E-state index in [0.717, 1.165) is 12.3 Å². The van der Waals surface area contributed by atoms with Crippen LogP contribution in [0.15, 0.2) is 18.2 Å². The van der Waals surface area contributed by atoms with Gasteiger partial charge in [-0.3, -0.25) is 14.4 Å². The SMILES string of the molecule is CC1CC(=O)C(C(=O)c2ccc(OS(C)(=O)=O)cc2Cl)C(=O)C1. The fourth-order valence-electron chi connectivity index (χ4n) is 2.54. The van der Waals surface area contributed by atoms with Gasteiger partial charge in [-0.2, -0.15) is 8.42 Å². The summed E-state index contributed by atoms with van der Waals surface area (Å²) < 4.78 is 26.8. The summed E-state index contributed by atoms with van der Waals surface area (Å²) in [4.78, 5) is 36.5.